The first-order chi connectivity index (χ1) is 14.2. The highest BCUT2D eigenvalue weighted by molar-refractivity contribution is 6.04. The molecular weight excluding hydrogens is 390 g/mol. The molecule has 0 bridgehead atoms. The fourth-order valence-corrected chi connectivity index (χ4v) is 2.86. The molecule has 30 heavy (non-hydrogen) atoms. The number of aryl methyl sites for hydroxylation is 1. The number of aromatic nitrogens is 1. The number of carbonyl (C=O) groups excluding carboxylic acids is 4. The van der Waals surface area contributed by atoms with Crippen molar-refractivity contribution in [3.8, 4) is 6.07 Å². The van der Waals surface area contributed by atoms with Gasteiger partial charge in [0.15, 0.2) is 6.10 Å². The van der Waals surface area contributed by atoms with E-state index in [0.717, 1.165) is 0 Å². The molecular formula is C21H21N3O6. The summed E-state index contributed by atoms with van der Waals surface area (Å²) in [6.45, 7) is 4.69. The molecule has 0 aliphatic carbocycles. The molecule has 0 fully saturated rings. The summed E-state index contributed by atoms with van der Waals surface area (Å²) in [5.74, 6) is -2.23. The zero-order chi connectivity index (χ0) is 22.4. The monoisotopic (exact) mass is 411 g/mol. The van der Waals surface area contributed by atoms with Gasteiger partial charge in [-0.1, -0.05) is 0 Å². The number of hydrogen-bond acceptors (Lipinski definition) is 7. The Morgan fingerprint density at radius 3 is 2.33 bits per heavy atom. The van der Waals surface area contributed by atoms with Gasteiger partial charge < -0.3 is 19.8 Å². The zero-order valence-electron chi connectivity index (χ0n) is 17.0. The number of H-pyrrole nitrogens is 1. The standard InChI is InChI=1S/C21H21N3O6/c1-11-17(21(28)29-4)12(2)23-18(11)19(26)13(3)30-20(27)14-5-7-15(8-6-14)24-16(25)9-10-22/h5-8,13,23H,9H2,1-4H3,(H,24,25)/t13-/m0/s1. The fourth-order valence-electron chi connectivity index (χ4n) is 2.86. The Hall–Kier alpha value is -3.93. The van der Waals surface area contributed by atoms with Crippen LogP contribution < -0.4 is 5.32 Å². The average molecular weight is 411 g/mol. The van der Waals surface area contributed by atoms with E-state index < -0.39 is 29.7 Å². The highest BCUT2D eigenvalue weighted by Crippen LogP contribution is 2.21. The maximum atomic E-state index is 12.7. The summed E-state index contributed by atoms with van der Waals surface area (Å²) in [5, 5.41) is 11.0. The van der Waals surface area contributed by atoms with E-state index in [1.807, 2.05) is 0 Å². The zero-order valence-corrected chi connectivity index (χ0v) is 17.0. The second kappa shape index (κ2) is 9.52. The van der Waals surface area contributed by atoms with Crippen molar-refractivity contribution in [2.24, 2.45) is 0 Å². The van der Waals surface area contributed by atoms with E-state index in [9.17, 15) is 19.2 Å². The van der Waals surface area contributed by atoms with Gasteiger partial charge in [0.1, 0.15) is 6.42 Å². The van der Waals surface area contributed by atoms with E-state index in [1.54, 1.807) is 19.9 Å². The molecule has 156 valence electrons. The van der Waals surface area contributed by atoms with E-state index >= 15 is 0 Å². The summed E-state index contributed by atoms with van der Waals surface area (Å²) < 4.78 is 9.97. The van der Waals surface area contributed by atoms with Crippen LogP contribution in [-0.2, 0) is 14.3 Å². The molecule has 2 N–H and O–H groups in total. The lowest BCUT2D eigenvalue weighted by Crippen LogP contribution is -2.25. The summed E-state index contributed by atoms with van der Waals surface area (Å²) in [6.07, 6.45) is -1.38. The summed E-state index contributed by atoms with van der Waals surface area (Å²) in [5.41, 5.74) is 1.95. The predicted octanol–water partition coefficient (Wildman–Crippen LogP) is 2.70. The lowest BCUT2D eigenvalue weighted by molar-refractivity contribution is -0.115. The van der Waals surface area contributed by atoms with Crippen LogP contribution in [0.15, 0.2) is 24.3 Å². The number of nitrogens with zero attached hydrogens (tertiary/aromatic N) is 1. The number of rotatable bonds is 7. The molecule has 1 aromatic heterocycles. The number of aromatic amines is 1. The third-order valence-electron chi connectivity index (χ3n) is 4.37. The molecule has 2 aromatic rings. The van der Waals surface area contributed by atoms with Crippen LogP contribution in [0.3, 0.4) is 0 Å². The molecule has 0 saturated carbocycles. The van der Waals surface area contributed by atoms with Crippen LogP contribution in [-0.4, -0.2) is 41.8 Å². The minimum absolute atomic E-state index is 0.170. The van der Waals surface area contributed by atoms with Crippen molar-refractivity contribution in [2.75, 3.05) is 12.4 Å². The number of benzene rings is 1. The highest BCUT2D eigenvalue weighted by atomic mass is 16.5. The maximum Gasteiger partial charge on any atom is 0.339 e. The van der Waals surface area contributed by atoms with Crippen molar-refractivity contribution in [3.05, 3.63) is 52.3 Å². The lowest BCUT2D eigenvalue weighted by atomic mass is 10.1. The second-order valence-corrected chi connectivity index (χ2v) is 6.49. The first-order valence-corrected chi connectivity index (χ1v) is 8.99. The van der Waals surface area contributed by atoms with Crippen LogP contribution in [0.1, 0.15) is 55.8 Å². The molecule has 9 nitrogen and oxygen atoms in total. The summed E-state index contributed by atoms with van der Waals surface area (Å²) in [4.78, 5) is 51.2. The van der Waals surface area contributed by atoms with Gasteiger partial charge in [0.25, 0.3) is 0 Å². The number of ketones is 1. The minimum atomic E-state index is -1.10. The number of methoxy groups -OCH3 is 1. The van der Waals surface area contributed by atoms with Gasteiger partial charge in [-0.15, -0.1) is 0 Å². The van der Waals surface area contributed by atoms with Crippen LogP contribution in [0.2, 0.25) is 0 Å². The Kier molecular flexibility index (Phi) is 7.09. The summed E-state index contributed by atoms with van der Waals surface area (Å²) in [6, 6.07) is 7.57. The number of ether oxygens (including phenoxy) is 2. The van der Waals surface area contributed by atoms with E-state index in [0.29, 0.717) is 16.9 Å². The number of nitriles is 1. The Labute approximate surface area is 173 Å². The molecule has 0 spiro atoms. The van der Waals surface area contributed by atoms with Gasteiger partial charge in [0.05, 0.1) is 30.0 Å². The quantitative estimate of drug-likeness (QED) is 0.527. The molecule has 0 radical (unpaired) electrons. The van der Waals surface area contributed by atoms with Crippen molar-refractivity contribution in [2.45, 2.75) is 33.3 Å². The van der Waals surface area contributed by atoms with E-state index in [4.69, 9.17) is 14.7 Å². The number of carbonyl (C=O) groups is 4. The van der Waals surface area contributed by atoms with Gasteiger partial charge >= 0.3 is 11.9 Å². The lowest BCUT2D eigenvalue weighted by Gasteiger charge is -2.12. The normalized spacial score (nSPS) is 11.2. The molecule has 1 atom stereocenters. The molecule has 9 heteroatoms. The van der Waals surface area contributed by atoms with Gasteiger partial charge in [-0.05, 0) is 50.6 Å². The third-order valence-corrected chi connectivity index (χ3v) is 4.37. The topological polar surface area (TPSA) is 138 Å². The van der Waals surface area contributed by atoms with Crippen LogP contribution in [0.25, 0.3) is 0 Å². The number of hydrogen-bond donors (Lipinski definition) is 2. The molecule has 1 amide bonds. The van der Waals surface area contributed by atoms with Crippen molar-refractivity contribution in [1.82, 2.24) is 4.98 Å². The third kappa shape index (κ3) is 4.91. The van der Waals surface area contributed by atoms with E-state index in [2.05, 4.69) is 10.3 Å². The van der Waals surface area contributed by atoms with Crippen molar-refractivity contribution in [3.63, 3.8) is 0 Å². The minimum Gasteiger partial charge on any atom is -0.465 e. The largest absolute Gasteiger partial charge is 0.465 e. The van der Waals surface area contributed by atoms with E-state index in [-0.39, 0.29) is 23.2 Å². The maximum absolute atomic E-state index is 12.7. The number of anilines is 1. The number of esters is 2. The SMILES string of the molecule is COC(=O)c1c(C)[nH]c(C(=O)[C@H](C)OC(=O)c2ccc(NC(=O)CC#N)cc2)c1C. The van der Waals surface area contributed by atoms with Gasteiger partial charge in [0, 0.05) is 11.4 Å². The molecule has 2 rings (SSSR count). The Morgan fingerprint density at radius 1 is 1.13 bits per heavy atom. The Balaban J connectivity index is 2.09. The Bertz CT molecular complexity index is 1030. The first kappa shape index (κ1) is 22.4. The van der Waals surface area contributed by atoms with Crippen LogP contribution in [0.5, 0.6) is 0 Å². The van der Waals surface area contributed by atoms with Gasteiger partial charge in [-0.25, -0.2) is 9.59 Å². The number of nitrogens with one attached hydrogen (secondary N) is 2. The smallest absolute Gasteiger partial charge is 0.339 e. The number of amides is 1. The van der Waals surface area contributed by atoms with Crippen LogP contribution >= 0.6 is 0 Å². The van der Waals surface area contributed by atoms with Crippen LogP contribution in [0.4, 0.5) is 5.69 Å². The summed E-state index contributed by atoms with van der Waals surface area (Å²) in [7, 11) is 1.25. The van der Waals surface area contributed by atoms with Gasteiger partial charge in [-0.2, -0.15) is 5.26 Å². The molecule has 0 saturated heterocycles. The molecule has 1 heterocycles. The second-order valence-electron chi connectivity index (χ2n) is 6.49. The first-order valence-electron chi connectivity index (χ1n) is 8.99. The van der Waals surface area contributed by atoms with Crippen molar-refractivity contribution < 1.29 is 28.7 Å². The Morgan fingerprint density at radius 2 is 1.77 bits per heavy atom. The average Bonchev–Trinajstić information content (AvgIpc) is 3.01. The van der Waals surface area contributed by atoms with Gasteiger partial charge in [-0.3, -0.25) is 9.59 Å². The predicted molar refractivity (Wildman–Crippen MR) is 106 cm³/mol. The number of Topliss-reactive ketones (excluding diaryl/α,β-unsaturated/α-hetero) is 1. The van der Waals surface area contributed by atoms with Crippen LogP contribution in [0, 0.1) is 25.2 Å². The van der Waals surface area contributed by atoms with Crippen molar-refractivity contribution >= 4 is 29.3 Å². The van der Waals surface area contributed by atoms with E-state index in [1.165, 1.54) is 38.3 Å². The molecule has 1 aromatic carbocycles. The van der Waals surface area contributed by atoms with Gasteiger partial charge in [0.2, 0.25) is 11.7 Å². The fraction of sp³-hybridized carbons (Fsp3) is 0.286. The summed E-state index contributed by atoms with van der Waals surface area (Å²) >= 11 is 0. The highest BCUT2D eigenvalue weighted by Gasteiger charge is 2.27. The molecule has 0 unspecified atom stereocenters. The molecule has 0 aliphatic rings. The molecule has 0 aliphatic heterocycles. The van der Waals surface area contributed by atoms with Crippen molar-refractivity contribution in [1.29, 1.82) is 5.26 Å².